The third-order valence-electron chi connectivity index (χ3n) is 7.14. The van der Waals surface area contributed by atoms with E-state index < -0.39 is 0 Å². The maximum absolute atomic E-state index is 13.2. The number of halogens is 2. The Hall–Kier alpha value is -2.97. The van der Waals surface area contributed by atoms with Crippen LogP contribution in [0, 0.1) is 11.2 Å². The molecule has 2 aromatic carbocycles. The van der Waals surface area contributed by atoms with E-state index in [9.17, 15) is 9.18 Å². The second-order valence-electron chi connectivity index (χ2n) is 9.54. The van der Waals surface area contributed by atoms with Crippen molar-refractivity contribution in [3.05, 3.63) is 81.9 Å². The summed E-state index contributed by atoms with van der Waals surface area (Å²) in [7, 11) is 0. The zero-order valence-electron chi connectivity index (χ0n) is 20.2. The summed E-state index contributed by atoms with van der Waals surface area (Å²) in [5.74, 6) is 0.564. The van der Waals surface area contributed by atoms with E-state index in [4.69, 9.17) is 11.6 Å². The van der Waals surface area contributed by atoms with Crippen LogP contribution in [0.4, 0.5) is 10.2 Å². The van der Waals surface area contributed by atoms with Crippen molar-refractivity contribution in [2.45, 2.75) is 49.6 Å². The number of nitrogens with zero attached hydrogens (tertiary/aromatic N) is 5. The summed E-state index contributed by atoms with van der Waals surface area (Å²) in [6.07, 6.45) is 8.56. The molecule has 6 nitrogen and oxygen atoms in total. The van der Waals surface area contributed by atoms with E-state index in [1.165, 1.54) is 41.2 Å². The van der Waals surface area contributed by atoms with Crippen LogP contribution in [0.3, 0.4) is 0 Å². The SMILES string of the molecule is CCC1(C)CCN(c2cnc(Sc3ccc4ncn(Cc5ccc(F)cc5)c(=O)c4c3Cl)cn2)CC1. The highest BCUT2D eigenvalue weighted by atomic mass is 35.5. The van der Waals surface area contributed by atoms with Crippen molar-refractivity contribution in [3.63, 3.8) is 0 Å². The molecule has 3 heterocycles. The summed E-state index contributed by atoms with van der Waals surface area (Å²) < 4.78 is 14.7. The van der Waals surface area contributed by atoms with Gasteiger partial charge in [-0.25, -0.2) is 19.3 Å². The van der Waals surface area contributed by atoms with Gasteiger partial charge in [-0.15, -0.1) is 0 Å². The van der Waals surface area contributed by atoms with Gasteiger partial charge in [-0.3, -0.25) is 9.36 Å². The van der Waals surface area contributed by atoms with Crippen molar-refractivity contribution in [2.24, 2.45) is 5.41 Å². The fraction of sp³-hybridized carbons (Fsp3) is 0.333. The molecule has 0 N–H and O–H groups in total. The number of benzene rings is 2. The third-order valence-corrected chi connectivity index (χ3v) is 8.62. The Kier molecular flexibility index (Phi) is 6.99. The van der Waals surface area contributed by atoms with Gasteiger partial charge in [0.25, 0.3) is 5.56 Å². The van der Waals surface area contributed by atoms with Crippen molar-refractivity contribution in [2.75, 3.05) is 18.0 Å². The van der Waals surface area contributed by atoms with Crippen molar-refractivity contribution in [3.8, 4) is 0 Å². The number of fused-ring (bicyclic) bond motifs is 1. The average molecular weight is 524 g/mol. The van der Waals surface area contributed by atoms with Crippen LogP contribution < -0.4 is 10.5 Å². The smallest absolute Gasteiger partial charge is 0.263 e. The fourth-order valence-electron chi connectivity index (χ4n) is 4.43. The van der Waals surface area contributed by atoms with Crippen LogP contribution in [-0.4, -0.2) is 32.6 Å². The van der Waals surface area contributed by atoms with E-state index in [1.54, 1.807) is 24.4 Å². The second kappa shape index (κ2) is 10.2. The third kappa shape index (κ3) is 5.11. The van der Waals surface area contributed by atoms with Crippen LogP contribution >= 0.6 is 23.4 Å². The number of hydrogen-bond donors (Lipinski definition) is 0. The number of aromatic nitrogens is 4. The monoisotopic (exact) mass is 523 g/mol. The van der Waals surface area contributed by atoms with Gasteiger partial charge in [-0.05, 0) is 48.1 Å². The van der Waals surface area contributed by atoms with Gasteiger partial charge in [0.1, 0.15) is 16.7 Å². The molecule has 1 aliphatic rings. The topological polar surface area (TPSA) is 63.9 Å². The predicted octanol–water partition coefficient (Wildman–Crippen LogP) is 6.20. The molecule has 0 bridgehead atoms. The lowest BCUT2D eigenvalue weighted by Crippen LogP contribution is -2.38. The number of anilines is 1. The summed E-state index contributed by atoms with van der Waals surface area (Å²) in [6, 6.07) is 9.67. The first-order valence-electron chi connectivity index (χ1n) is 12.0. The summed E-state index contributed by atoms with van der Waals surface area (Å²) in [6.45, 7) is 6.86. The normalized spacial score (nSPS) is 15.4. The highest BCUT2D eigenvalue weighted by Gasteiger charge is 2.28. The Bertz CT molecular complexity index is 1430. The van der Waals surface area contributed by atoms with Crippen LogP contribution in [0.15, 0.2) is 69.8 Å². The Morgan fingerprint density at radius 1 is 1.06 bits per heavy atom. The molecule has 1 aliphatic heterocycles. The lowest BCUT2D eigenvalue weighted by atomic mass is 9.78. The van der Waals surface area contributed by atoms with Crippen molar-refractivity contribution in [1.82, 2.24) is 19.5 Å². The minimum atomic E-state index is -0.320. The van der Waals surface area contributed by atoms with Crippen LogP contribution in [0.1, 0.15) is 38.7 Å². The molecular weight excluding hydrogens is 497 g/mol. The molecule has 1 fully saturated rings. The molecule has 36 heavy (non-hydrogen) atoms. The zero-order chi connectivity index (χ0) is 25.3. The van der Waals surface area contributed by atoms with Gasteiger partial charge < -0.3 is 4.90 Å². The predicted molar refractivity (Wildman–Crippen MR) is 143 cm³/mol. The molecule has 0 spiro atoms. The van der Waals surface area contributed by atoms with Gasteiger partial charge in [0.15, 0.2) is 0 Å². The molecule has 4 aromatic rings. The van der Waals surface area contributed by atoms with Gasteiger partial charge in [-0.2, -0.15) is 0 Å². The van der Waals surface area contributed by atoms with E-state index >= 15 is 0 Å². The van der Waals surface area contributed by atoms with Gasteiger partial charge in [-0.1, -0.05) is 55.8 Å². The van der Waals surface area contributed by atoms with Crippen LogP contribution in [0.2, 0.25) is 5.02 Å². The van der Waals surface area contributed by atoms with Crippen molar-refractivity contribution >= 4 is 40.1 Å². The van der Waals surface area contributed by atoms with E-state index in [2.05, 4.69) is 33.7 Å². The molecule has 186 valence electrons. The van der Waals surface area contributed by atoms with Crippen LogP contribution in [0.5, 0.6) is 0 Å². The Morgan fingerprint density at radius 2 is 1.81 bits per heavy atom. The van der Waals surface area contributed by atoms with Gasteiger partial charge in [0.2, 0.25) is 0 Å². The molecule has 9 heteroatoms. The average Bonchev–Trinajstić information content (AvgIpc) is 2.89. The van der Waals surface area contributed by atoms with E-state index in [0.29, 0.717) is 31.3 Å². The minimum absolute atomic E-state index is 0.248. The Morgan fingerprint density at radius 3 is 2.47 bits per heavy atom. The standard InChI is InChI=1S/C27H27ClFN5OS/c1-3-27(2)10-12-33(13-11-27)22-14-31-23(15-30-22)36-21-9-8-20-24(25(21)28)26(35)34(17-32-20)16-18-4-6-19(29)7-5-18/h4-9,14-15,17H,3,10-13,16H2,1-2H3. The maximum atomic E-state index is 13.2. The molecule has 0 amide bonds. The van der Waals surface area contributed by atoms with Gasteiger partial charge in [0, 0.05) is 18.0 Å². The van der Waals surface area contributed by atoms with Gasteiger partial charge in [0.05, 0.1) is 41.2 Å². The summed E-state index contributed by atoms with van der Waals surface area (Å²) in [5, 5.41) is 1.39. The molecular formula is C27H27ClFN5OS. The largest absolute Gasteiger partial charge is 0.355 e. The minimum Gasteiger partial charge on any atom is -0.355 e. The van der Waals surface area contributed by atoms with E-state index in [0.717, 1.165) is 37.3 Å². The van der Waals surface area contributed by atoms with Crippen LogP contribution in [0.25, 0.3) is 10.9 Å². The zero-order valence-corrected chi connectivity index (χ0v) is 21.8. The fourth-order valence-corrected chi connectivity index (χ4v) is 5.55. The Labute approximate surface area is 218 Å². The molecule has 0 aliphatic carbocycles. The van der Waals surface area contributed by atoms with E-state index in [1.807, 2.05) is 12.3 Å². The second-order valence-corrected chi connectivity index (χ2v) is 11.0. The first kappa shape index (κ1) is 24.7. The first-order chi connectivity index (χ1) is 17.3. The van der Waals surface area contributed by atoms with Crippen LogP contribution in [-0.2, 0) is 6.54 Å². The highest BCUT2D eigenvalue weighted by Crippen LogP contribution is 2.37. The molecule has 0 atom stereocenters. The summed E-state index contributed by atoms with van der Waals surface area (Å²) in [5.41, 5.74) is 1.49. The maximum Gasteiger partial charge on any atom is 0.263 e. The molecule has 0 saturated carbocycles. The van der Waals surface area contributed by atoms with E-state index in [-0.39, 0.29) is 17.9 Å². The molecule has 0 unspecified atom stereocenters. The number of hydrogen-bond acceptors (Lipinski definition) is 6. The molecule has 0 radical (unpaired) electrons. The molecule has 2 aromatic heterocycles. The summed E-state index contributed by atoms with van der Waals surface area (Å²) >= 11 is 8.07. The Balaban J connectivity index is 1.36. The van der Waals surface area contributed by atoms with Crippen molar-refractivity contribution < 1.29 is 4.39 Å². The lowest BCUT2D eigenvalue weighted by Gasteiger charge is -2.39. The first-order valence-corrected chi connectivity index (χ1v) is 13.2. The number of rotatable bonds is 6. The van der Waals surface area contributed by atoms with Gasteiger partial charge >= 0.3 is 0 Å². The lowest BCUT2D eigenvalue weighted by molar-refractivity contribution is 0.237. The summed E-state index contributed by atoms with van der Waals surface area (Å²) in [4.78, 5) is 29.9. The number of piperidine rings is 1. The highest BCUT2D eigenvalue weighted by molar-refractivity contribution is 7.99. The molecule has 1 saturated heterocycles. The quantitative estimate of drug-likeness (QED) is 0.300. The molecule has 5 rings (SSSR count). The van der Waals surface area contributed by atoms with Crippen molar-refractivity contribution in [1.29, 1.82) is 0 Å².